The third-order valence-electron chi connectivity index (χ3n) is 5.23. The second kappa shape index (κ2) is 8.30. The van der Waals surface area contributed by atoms with E-state index in [0.717, 1.165) is 35.7 Å². The first-order chi connectivity index (χ1) is 11.4. The number of guanidine groups is 1. The van der Waals surface area contributed by atoms with Crippen LogP contribution in [0.5, 0.6) is 0 Å². The molecule has 1 fully saturated rings. The first kappa shape index (κ1) is 19.2. The number of rotatable bonds is 5. The van der Waals surface area contributed by atoms with E-state index >= 15 is 0 Å². The van der Waals surface area contributed by atoms with Crippen molar-refractivity contribution in [2.45, 2.75) is 51.6 Å². The van der Waals surface area contributed by atoms with E-state index in [0.29, 0.717) is 0 Å². The van der Waals surface area contributed by atoms with Crippen molar-refractivity contribution in [1.82, 2.24) is 20.1 Å². The topological polar surface area (TPSA) is 43.8 Å². The molecule has 1 saturated carbocycles. The van der Waals surface area contributed by atoms with Gasteiger partial charge in [0.2, 0.25) is 0 Å². The minimum Gasteiger partial charge on any atom is -0.354 e. The highest BCUT2D eigenvalue weighted by atomic mass is 32.1. The summed E-state index contributed by atoms with van der Waals surface area (Å²) < 4.78 is 0. The van der Waals surface area contributed by atoms with E-state index in [-0.39, 0.29) is 5.54 Å². The van der Waals surface area contributed by atoms with Crippen molar-refractivity contribution < 1.29 is 0 Å². The number of likely N-dealkylation sites (N-methyl/N-ethyl adjacent to an activating group) is 1. The van der Waals surface area contributed by atoms with Gasteiger partial charge in [-0.2, -0.15) is 0 Å². The Bertz CT molecular complexity index is 553. The van der Waals surface area contributed by atoms with Crippen molar-refractivity contribution in [3.63, 3.8) is 0 Å². The molecule has 0 bridgehead atoms. The molecule has 1 aromatic rings. The van der Waals surface area contributed by atoms with Gasteiger partial charge in [-0.25, -0.2) is 4.98 Å². The summed E-state index contributed by atoms with van der Waals surface area (Å²) in [4.78, 5) is 13.6. The van der Waals surface area contributed by atoms with Crippen LogP contribution in [0.2, 0.25) is 0 Å². The summed E-state index contributed by atoms with van der Waals surface area (Å²) in [7, 11) is 8.36. The highest BCUT2D eigenvalue weighted by molar-refractivity contribution is 7.09. The third kappa shape index (κ3) is 4.70. The zero-order valence-corrected chi connectivity index (χ0v) is 16.9. The molecule has 1 aliphatic carbocycles. The molecule has 0 saturated heterocycles. The van der Waals surface area contributed by atoms with Gasteiger partial charge in [-0.3, -0.25) is 4.99 Å². The van der Waals surface area contributed by atoms with Gasteiger partial charge in [0.25, 0.3) is 0 Å². The molecule has 24 heavy (non-hydrogen) atoms. The molecule has 0 aromatic carbocycles. The van der Waals surface area contributed by atoms with E-state index < -0.39 is 0 Å². The van der Waals surface area contributed by atoms with E-state index in [4.69, 9.17) is 0 Å². The summed E-state index contributed by atoms with van der Waals surface area (Å²) >= 11 is 1.70. The van der Waals surface area contributed by atoms with Crippen molar-refractivity contribution in [2.24, 2.45) is 10.9 Å². The lowest BCUT2D eigenvalue weighted by atomic mass is 9.75. The summed E-state index contributed by atoms with van der Waals surface area (Å²) in [5, 5.41) is 6.86. The average Bonchev–Trinajstić information content (AvgIpc) is 2.92. The predicted octanol–water partition coefficient (Wildman–Crippen LogP) is 2.97. The minimum atomic E-state index is 0.228. The molecule has 136 valence electrons. The quantitative estimate of drug-likeness (QED) is 0.654. The predicted molar refractivity (Wildman–Crippen MR) is 104 cm³/mol. The van der Waals surface area contributed by atoms with Crippen LogP contribution in [-0.4, -0.2) is 61.0 Å². The van der Waals surface area contributed by atoms with E-state index in [2.05, 4.69) is 58.5 Å². The number of aromatic nitrogens is 1. The van der Waals surface area contributed by atoms with Gasteiger partial charge in [0.15, 0.2) is 5.96 Å². The molecule has 1 aliphatic rings. The number of aliphatic imine (C=N–C) groups is 1. The first-order valence-corrected chi connectivity index (χ1v) is 9.74. The Kier molecular flexibility index (Phi) is 6.63. The Morgan fingerprint density at radius 3 is 2.75 bits per heavy atom. The molecule has 1 heterocycles. The largest absolute Gasteiger partial charge is 0.354 e. The molecule has 5 nitrogen and oxygen atoms in total. The number of aryl methyl sites for hydroxylation is 1. The Balaban J connectivity index is 1.98. The zero-order chi connectivity index (χ0) is 17.7. The third-order valence-corrected chi connectivity index (χ3v) is 6.05. The number of nitrogens with one attached hydrogen (secondary N) is 1. The maximum atomic E-state index is 4.55. The van der Waals surface area contributed by atoms with Gasteiger partial charge in [-0.05, 0) is 39.8 Å². The van der Waals surface area contributed by atoms with E-state index in [1.54, 1.807) is 11.3 Å². The summed E-state index contributed by atoms with van der Waals surface area (Å²) in [5.74, 6) is 1.74. The van der Waals surface area contributed by atoms with Crippen LogP contribution in [0.25, 0.3) is 0 Å². The maximum Gasteiger partial charge on any atom is 0.193 e. The molecule has 1 N–H and O–H groups in total. The maximum absolute atomic E-state index is 4.55. The Morgan fingerprint density at radius 2 is 2.21 bits per heavy atom. The smallest absolute Gasteiger partial charge is 0.193 e. The van der Waals surface area contributed by atoms with Crippen molar-refractivity contribution >= 4 is 17.3 Å². The fourth-order valence-corrected chi connectivity index (χ4v) is 4.39. The molecule has 6 heteroatoms. The highest BCUT2D eigenvalue weighted by Gasteiger charge is 2.37. The molecular weight excluding hydrogens is 318 g/mol. The normalized spacial score (nSPS) is 25.1. The second-order valence-electron chi connectivity index (χ2n) is 7.43. The fourth-order valence-electron chi connectivity index (χ4n) is 3.78. The molecule has 0 amide bonds. The number of thiazole rings is 1. The number of hydrogen-bond donors (Lipinski definition) is 1. The van der Waals surface area contributed by atoms with Crippen molar-refractivity contribution in [1.29, 1.82) is 0 Å². The van der Waals surface area contributed by atoms with Gasteiger partial charge in [0, 0.05) is 31.6 Å². The summed E-state index contributed by atoms with van der Waals surface area (Å²) in [5.41, 5.74) is 1.34. The van der Waals surface area contributed by atoms with Crippen LogP contribution < -0.4 is 5.32 Å². The van der Waals surface area contributed by atoms with Crippen LogP contribution in [-0.2, 0) is 6.54 Å². The van der Waals surface area contributed by atoms with Crippen LogP contribution in [0.4, 0.5) is 0 Å². The zero-order valence-electron chi connectivity index (χ0n) is 16.1. The molecule has 2 atom stereocenters. The van der Waals surface area contributed by atoms with Gasteiger partial charge in [-0.15, -0.1) is 11.3 Å². The lowest BCUT2D eigenvalue weighted by Crippen LogP contribution is -2.56. The van der Waals surface area contributed by atoms with Gasteiger partial charge < -0.3 is 15.1 Å². The highest BCUT2D eigenvalue weighted by Crippen LogP contribution is 2.35. The number of hydrogen-bond acceptors (Lipinski definition) is 4. The molecule has 2 unspecified atom stereocenters. The monoisotopic (exact) mass is 351 g/mol. The lowest BCUT2D eigenvalue weighted by molar-refractivity contribution is 0.0790. The summed E-state index contributed by atoms with van der Waals surface area (Å²) in [6, 6.07) is 0. The molecule has 0 aliphatic heterocycles. The van der Waals surface area contributed by atoms with E-state index in [1.165, 1.54) is 25.7 Å². The standard InChI is InChI=1S/C18H33N5S/c1-14-8-7-9-18(10-14,22(4)5)13-20-17(19-3)23(6)11-16-12-24-15(2)21-16/h12,14H,7-11,13H2,1-6H3,(H,19,20). The van der Waals surface area contributed by atoms with E-state index in [1.807, 2.05) is 14.0 Å². The Hall–Kier alpha value is -1.14. The summed E-state index contributed by atoms with van der Waals surface area (Å²) in [6.45, 7) is 6.15. The molecular formula is C18H33N5S. The number of nitrogens with zero attached hydrogens (tertiary/aromatic N) is 4. The van der Waals surface area contributed by atoms with Crippen LogP contribution in [0.3, 0.4) is 0 Å². The van der Waals surface area contributed by atoms with Gasteiger partial charge >= 0.3 is 0 Å². The molecule has 2 rings (SSSR count). The molecule has 0 radical (unpaired) electrons. The minimum absolute atomic E-state index is 0.228. The van der Waals surface area contributed by atoms with Crippen molar-refractivity contribution in [3.8, 4) is 0 Å². The van der Waals surface area contributed by atoms with Crippen molar-refractivity contribution in [2.75, 3.05) is 34.7 Å². The SMILES string of the molecule is CN=C(NCC1(N(C)C)CCCC(C)C1)N(C)Cc1csc(C)n1. The molecule has 0 spiro atoms. The van der Waals surface area contributed by atoms with Crippen LogP contribution in [0.1, 0.15) is 43.3 Å². The van der Waals surface area contributed by atoms with Crippen molar-refractivity contribution in [3.05, 3.63) is 16.1 Å². The fraction of sp³-hybridized carbons (Fsp3) is 0.778. The first-order valence-electron chi connectivity index (χ1n) is 8.86. The lowest BCUT2D eigenvalue weighted by Gasteiger charge is -2.45. The van der Waals surface area contributed by atoms with Crippen LogP contribution in [0, 0.1) is 12.8 Å². The van der Waals surface area contributed by atoms with Gasteiger partial charge in [-0.1, -0.05) is 19.8 Å². The second-order valence-corrected chi connectivity index (χ2v) is 8.50. The summed E-state index contributed by atoms with van der Waals surface area (Å²) in [6.07, 6.45) is 5.17. The van der Waals surface area contributed by atoms with Crippen LogP contribution in [0.15, 0.2) is 10.4 Å². The average molecular weight is 352 g/mol. The van der Waals surface area contributed by atoms with Crippen LogP contribution >= 0.6 is 11.3 Å². The van der Waals surface area contributed by atoms with Gasteiger partial charge in [0.1, 0.15) is 0 Å². The Labute approximate surface area is 151 Å². The van der Waals surface area contributed by atoms with E-state index in [9.17, 15) is 0 Å². The molecule has 1 aromatic heterocycles. The van der Waals surface area contributed by atoms with Gasteiger partial charge in [0.05, 0.1) is 17.2 Å². The Morgan fingerprint density at radius 1 is 1.46 bits per heavy atom.